The molecule has 1 aliphatic heterocycles. The molecule has 15 heavy (non-hydrogen) atoms. The van der Waals surface area contributed by atoms with Crippen LogP contribution in [0.5, 0.6) is 0 Å². The number of nitrogens with one attached hydrogen (secondary N) is 1. The molecule has 4 heteroatoms. The molecule has 0 radical (unpaired) electrons. The van der Waals surface area contributed by atoms with Crippen LogP contribution in [0.15, 0.2) is 0 Å². The third-order valence-electron chi connectivity index (χ3n) is 3.20. The van der Waals surface area contributed by atoms with E-state index < -0.39 is 5.54 Å². The fourth-order valence-electron chi connectivity index (χ4n) is 1.95. The Kier molecular flexibility index (Phi) is 3.37. The lowest BCUT2D eigenvalue weighted by Crippen LogP contribution is -2.68. The number of amides is 2. The molecule has 2 atom stereocenters. The number of piperazine rings is 1. The summed E-state index contributed by atoms with van der Waals surface area (Å²) in [7, 11) is 0. The van der Waals surface area contributed by atoms with Crippen LogP contribution < -0.4 is 5.32 Å². The zero-order valence-corrected chi connectivity index (χ0v) is 9.96. The summed E-state index contributed by atoms with van der Waals surface area (Å²) >= 11 is 0. The van der Waals surface area contributed by atoms with Crippen molar-refractivity contribution in [3.63, 3.8) is 0 Å². The van der Waals surface area contributed by atoms with Crippen LogP contribution in [0.1, 0.15) is 40.5 Å². The third-order valence-corrected chi connectivity index (χ3v) is 3.20. The lowest BCUT2D eigenvalue weighted by molar-refractivity contribution is -0.156. The molecule has 1 rings (SSSR count). The van der Waals surface area contributed by atoms with Gasteiger partial charge in [0.25, 0.3) is 0 Å². The Morgan fingerprint density at radius 3 is 2.47 bits per heavy atom. The van der Waals surface area contributed by atoms with Crippen LogP contribution in [0, 0.1) is 0 Å². The second-order valence-corrected chi connectivity index (χ2v) is 4.31. The van der Waals surface area contributed by atoms with Crippen molar-refractivity contribution in [1.82, 2.24) is 10.2 Å². The minimum atomic E-state index is -0.667. The van der Waals surface area contributed by atoms with Crippen LogP contribution in [-0.4, -0.2) is 34.8 Å². The van der Waals surface area contributed by atoms with Crippen molar-refractivity contribution in [1.29, 1.82) is 0 Å². The molecule has 1 aliphatic rings. The number of hydrogen-bond acceptors (Lipinski definition) is 2. The SMILES string of the molecule is CCCN1C(=O)C(C)NC(=O)C1(C)CC. The molecule has 0 aromatic rings. The van der Waals surface area contributed by atoms with Crippen LogP contribution in [0.25, 0.3) is 0 Å². The van der Waals surface area contributed by atoms with E-state index in [0.717, 1.165) is 6.42 Å². The monoisotopic (exact) mass is 212 g/mol. The fraction of sp³-hybridized carbons (Fsp3) is 0.818. The van der Waals surface area contributed by atoms with Gasteiger partial charge in [-0.2, -0.15) is 0 Å². The van der Waals surface area contributed by atoms with Gasteiger partial charge in [-0.15, -0.1) is 0 Å². The van der Waals surface area contributed by atoms with Crippen LogP contribution in [0.2, 0.25) is 0 Å². The van der Waals surface area contributed by atoms with Crippen molar-refractivity contribution < 1.29 is 9.59 Å². The van der Waals surface area contributed by atoms with Gasteiger partial charge < -0.3 is 10.2 Å². The van der Waals surface area contributed by atoms with E-state index in [2.05, 4.69) is 5.32 Å². The van der Waals surface area contributed by atoms with Crippen molar-refractivity contribution in [2.45, 2.75) is 52.1 Å². The molecule has 4 nitrogen and oxygen atoms in total. The summed E-state index contributed by atoms with van der Waals surface area (Å²) in [5.41, 5.74) is -0.667. The van der Waals surface area contributed by atoms with E-state index in [1.54, 1.807) is 11.8 Å². The van der Waals surface area contributed by atoms with Gasteiger partial charge in [0.05, 0.1) is 0 Å². The number of carbonyl (C=O) groups is 2. The molecule has 0 aromatic heterocycles. The van der Waals surface area contributed by atoms with E-state index in [4.69, 9.17) is 0 Å². The van der Waals surface area contributed by atoms with E-state index in [1.165, 1.54) is 0 Å². The summed E-state index contributed by atoms with van der Waals surface area (Å²) in [6.45, 7) is 8.17. The highest BCUT2D eigenvalue weighted by Gasteiger charge is 2.46. The summed E-state index contributed by atoms with van der Waals surface area (Å²) in [5.74, 6) is -0.00801. The number of nitrogens with zero attached hydrogens (tertiary/aromatic N) is 1. The molecule has 1 heterocycles. The highest BCUT2D eigenvalue weighted by molar-refractivity contribution is 5.99. The van der Waals surface area contributed by atoms with Crippen molar-refractivity contribution in [2.24, 2.45) is 0 Å². The first-order chi connectivity index (χ1) is 6.97. The average Bonchev–Trinajstić information content (AvgIpc) is 2.21. The normalized spacial score (nSPS) is 31.7. The molecular weight excluding hydrogens is 192 g/mol. The van der Waals surface area contributed by atoms with Gasteiger partial charge in [-0.3, -0.25) is 9.59 Å². The third kappa shape index (κ3) is 1.85. The minimum absolute atomic E-state index is 0.0285. The zero-order chi connectivity index (χ0) is 11.6. The van der Waals surface area contributed by atoms with Gasteiger partial charge in [0.2, 0.25) is 11.8 Å². The zero-order valence-electron chi connectivity index (χ0n) is 9.96. The maximum atomic E-state index is 11.9. The van der Waals surface area contributed by atoms with Gasteiger partial charge in [-0.05, 0) is 26.7 Å². The predicted molar refractivity (Wildman–Crippen MR) is 58.3 cm³/mol. The Morgan fingerprint density at radius 2 is 2.00 bits per heavy atom. The van der Waals surface area contributed by atoms with Crippen molar-refractivity contribution in [3.8, 4) is 0 Å². The molecule has 2 unspecified atom stereocenters. The highest BCUT2D eigenvalue weighted by Crippen LogP contribution is 2.24. The second kappa shape index (κ2) is 4.21. The summed E-state index contributed by atoms with van der Waals surface area (Å²) < 4.78 is 0. The standard InChI is InChI=1S/C11H20N2O2/c1-5-7-13-9(14)8(3)12-10(15)11(13,4)6-2/h8H,5-7H2,1-4H3,(H,12,15). The highest BCUT2D eigenvalue weighted by atomic mass is 16.2. The largest absolute Gasteiger partial charge is 0.343 e. The molecule has 0 saturated carbocycles. The number of carbonyl (C=O) groups excluding carboxylic acids is 2. The maximum absolute atomic E-state index is 11.9. The number of rotatable bonds is 3. The van der Waals surface area contributed by atoms with Gasteiger partial charge in [0, 0.05) is 6.54 Å². The van der Waals surface area contributed by atoms with E-state index in [9.17, 15) is 9.59 Å². The van der Waals surface area contributed by atoms with E-state index in [0.29, 0.717) is 13.0 Å². The maximum Gasteiger partial charge on any atom is 0.246 e. The molecule has 1 N–H and O–H groups in total. The molecule has 2 amide bonds. The molecule has 86 valence electrons. The van der Waals surface area contributed by atoms with E-state index in [1.807, 2.05) is 20.8 Å². The average molecular weight is 212 g/mol. The van der Waals surface area contributed by atoms with Gasteiger partial charge >= 0.3 is 0 Å². The van der Waals surface area contributed by atoms with Crippen LogP contribution in [0.3, 0.4) is 0 Å². The topological polar surface area (TPSA) is 49.4 Å². The molecule has 0 aromatic carbocycles. The van der Waals surface area contributed by atoms with Gasteiger partial charge in [0.1, 0.15) is 11.6 Å². The Bertz CT molecular complexity index is 278. The van der Waals surface area contributed by atoms with Crippen molar-refractivity contribution >= 4 is 11.8 Å². The second-order valence-electron chi connectivity index (χ2n) is 4.31. The van der Waals surface area contributed by atoms with Crippen LogP contribution in [-0.2, 0) is 9.59 Å². The summed E-state index contributed by atoms with van der Waals surface area (Å²) in [5, 5.41) is 2.73. The first-order valence-corrected chi connectivity index (χ1v) is 5.59. The van der Waals surface area contributed by atoms with Gasteiger partial charge in [-0.25, -0.2) is 0 Å². The Morgan fingerprint density at radius 1 is 1.40 bits per heavy atom. The molecule has 0 bridgehead atoms. The Labute approximate surface area is 91.0 Å². The van der Waals surface area contributed by atoms with Crippen molar-refractivity contribution in [2.75, 3.05) is 6.54 Å². The quantitative estimate of drug-likeness (QED) is 0.756. The molecule has 1 fully saturated rings. The predicted octanol–water partition coefficient (Wildman–Crippen LogP) is 0.912. The van der Waals surface area contributed by atoms with E-state index >= 15 is 0 Å². The van der Waals surface area contributed by atoms with Gasteiger partial charge in [0.15, 0.2) is 0 Å². The Balaban J connectivity index is 3.00. The van der Waals surface area contributed by atoms with Crippen LogP contribution in [0.4, 0.5) is 0 Å². The lowest BCUT2D eigenvalue weighted by atomic mass is 9.90. The van der Waals surface area contributed by atoms with Gasteiger partial charge in [-0.1, -0.05) is 13.8 Å². The van der Waals surface area contributed by atoms with E-state index in [-0.39, 0.29) is 17.9 Å². The molecule has 0 spiro atoms. The fourth-order valence-corrected chi connectivity index (χ4v) is 1.95. The minimum Gasteiger partial charge on any atom is -0.343 e. The van der Waals surface area contributed by atoms with Crippen LogP contribution >= 0.6 is 0 Å². The first kappa shape index (κ1) is 12.0. The summed E-state index contributed by atoms with van der Waals surface area (Å²) in [6, 6.07) is -0.385. The van der Waals surface area contributed by atoms with Crippen molar-refractivity contribution in [3.05, 3.63) is 0 Å². The number of hydrogen-bond donors (Lipinski definition) is 1. The first-order valence-electron chi connectivity index (χ1n) is 5.59. The smallest absolute Gasteiger partial charge is 0.246 e. The lowest BCUT2D eigenvalue weighted by Gasteiger charge is -2.45. The molecule has 1 saturated heterocycles. The summed E-state index contributed by atoms with van der Waals surface area (Å²) in [4.78, 5) is 25.5. The molecular formula is C11H20N2O2. The molecule has 0 aliphatic carbocycles. The Hall–Kier alpha value is -1.06. The summed E-state index contributed by atoms with van der Waals surface area (Å²) in [6.07, 6.45) is 1.53.